The molecule has 2 rings (SSSR count). The number of halogens is 1. The van der Waals surface area contributed by atoms with Crippen LogP contribution in [0.5, 0.6) is 5.75 Å². The molecule has 17 heavy (non-hydrogen) atoms. The Morgan fingerprint density at radius 3 is 2.82 bits per heavy atom. The standard InChI is InChI=1S/C13H19BrN2O/c1-16(8-7-15-10-3-4-10)11-5-6-13(17-2)12(14)9-11/h5-6,9-10,15H,3-4,7-8H2,1-2H3. The average molecular weight is 299 g/mol. The number of hydrogen-bond donors (Lipinski definition) is 1. The Morgan fingerprint density at radius 2 is 2.24 bits per heavy atom. The fourth-order valence-electron chi connectivity index (χ4n) is 1.75. The summed E-state index contributed by atoms with van der Waals surface area (Å²) in [5.74, 6) is 0.873. The molecule has 0 amide bonds. The first-order chi connectivity index (χ1) is 8.20. The van der Waals surface area contributed by atoms with Crippen molar-refractivity contribution in [3.8, 4) is 5.75 Å². The van der Waals surface area contributed by atoms with E-state index in [1.165, 1.54) is 18.5 Å². The molecule has 1 saturated carbocycles. The molecule has 0 radical (unpaired) electrons. The molecule has 0 bridgehead atoms. The molecule has 3 nitrogen and oxygen atoms in total. The highest BCUT2D eigenvalue weighted by molar-refractivity contribution is 9.10. The molecular formula is C13H19BrN2O. The maximum atomic E-state index is 5.22. The molecule has 1 aliphatic rings. The monoisotopic (exact) mass is 298 g/mol. The van der Waals surface area contributed by atoms with Gasteiger partial charge in [-0.05, 0) is 47.0 Å². The molecule has 1 N–H and O–H groups in total. The molecule has 0 atom stereocenters. The van der Waals surface area contributed by atoms with Gasteiger partial charge in [-0.25, -0.2) is 0 Å². The van der Waals surface area contributed by atoms with Gasteiger partial charge in [0.15, 0.2) is 0 Å². The van der Waals surface area contributed by atoms with E-state index in [1.807, 2.05) is 6.07 Å². The van der Waals surface area contributed by atoms with Crippen molar-refractivity contribution in [1.82, 2.24) is 5.32 Å². The zero-order chi connectivity index (χ0) is 12.3. The Kier molecular flexibility index (Phi) is 4.29. The number of rotatable bonds is 6. The van der Waals surface area contributed by atoms with Gasteiger partial charge in [-0.15, -0.1) is 0 Å². The van der Waals surface area contributed by atoms with Crippen LogP contribution in [0.25, 0.3) is 0 Å². The number of ether oxygens (including phenoxy) is 1. The van der Waals surface area contributed by atoms with Crippen LogP contribution < -0.4 is 15.0 Å². The van der Waals surface area contributed by atoms with Crippen LogP contribution in [0.15, 0.2) is 22.7 Å². The van der Waals surface area contributed by atoms with Crippen molar-refractivity contribution in [1.29, 1.82) is 0 Å². The number of benzene rings is 1. The fraction of sp³-hybridized carbons (Fsp3) is 0.538. The molecule has 94 valence electrons. The largest absolute Gasteiger partial charge is 0.496 e. The van der Waals surface area contributed by atoms with Crippen LogP contribution in [0.2, 0.25) is 0 Å². The highest BCUT2D eigenvalue weighted by Crippen LogP contribution is 2.29. The molecule has 1 aliphatic carbocycles. The number of hydrogen-bond acceptors (Lipinski definition) is 3. The lowest BCUT2D eigenvalue weighted by molar-refractivity contribution is 0.412. The van der Waals surface area contributed by atoms with Gasteiger partial charge in [0.1, 0.15) is 5.75 Å². The first-order valence-electron chi connectivity index (χ1n) is 5.99. The summed E-state index contributed by atoms with van der Waals surface area (Å²) in [6.07, 6.45) is 2.69. The highest BCUT2D eigenvalue weighted by atomic mass is 79.9. The van der Waals surface area contributed by atoms with Crippen molar-refractivity contribution in [3.63, 3.8) is 0 Å². The molecule has 0 unspecified atom stereocenters. The predicted octanol–water partition coefficient (Wildman–Crippen LogP) is 2.65. The van der Waals surface area contributed by atoms with Gasteiger partial charge in [0.05, 0.1) is 11.6 Å². The minimum absolute atomic E-state index is 0.783. The Bertz CT molecular complexity index is 380. The summed E-state index contributed by atoms with van der Waals surface area (Å²) >= 11 is 3.51. The Balaban J connectivity index is 1.88. The second kappa shape index (κ2) is 5.74. The predicted molar refractivity (Wildman–Crippen MR) is 75.0 cm³/mol. The average Bonchev–Trinajstić information content (AvgIpc) is 3.13. The summed E-state index contributed by atoms with van der Waals surface area (Å²) in [4.78, 5) is 2.25. The molecule has 0 heterocycles. The quantitative estimate of drug-likeness (QED) is 0.874. The summed E-state index contributed by atoms with van der Waals surface area (Å²) in [5, 5.41) is 3.52. The molecule has 0 aliphatic heterocycles. The normalized spacial score (nSPS) is 14.8. The minimum Gasteiger partial charge on any atom is -0.496 e. The van der Waals surface area contributed by atoms with E-state index < -0.39 is 0 Å². The van der Waals surface area contributed by atoms with Crippen LogP contribution in [0.3, 0.4) is 0 Å². The zero-order valence-electron chi connectivity index (χ0n) is 10.4. The van der Waals surface area contributed by atoms with Crippen LogP contribution in [-0.2, 0) is 0 Å². The van der Waals surface area contributed by atoms with E-state index in [1.54, 1.807) is 7.11 Å². The van der Waals surface area contributed by atoms with Crippen molar-refractivity contribution < 1.29 is 4.74 Å². The Hall–Kier alpha value is -0.740. The smallest absolute Gasteiger partial charge is 0.133 e. The first-order valence-corrected chi connectivity index (χ1v) is 6.78. The van der Waals surface area contributed by atoms with Crippen LogP contribution in [-0.4, -0.2) is 33.3 Å². The topological polar surface area (TPSA) is 24.5 Å². The molecule has 0 saturated heterocycles. The third-order valence-corrected chi connectivity index (χ3v) is 3.65. The van der Waals surface area contributed by atoms with Gasteiger partial charge < -0.3 is 15.0 Å². The fourth-order valence-corrected chi connectivity index (χ4v) is 2.27. The van der Waals surface area contributed by atoms with E-state index in [2.05, 4.69) is 45.3 Å². The summed E-state index contributed by atoms with van der Waals surface area (Å²) in [6, 6.07) is 6.95. The van der Waals surface area contributed by atoms with Crippen molar-refractivity contribution in [2.24, 2.45) is 0 Å². The van der Waals surface area contributed by atoms with E-state index >= 15 is 0 Å². The lowest BCUT2D eigenvalue weighted by Gasteiger charge is -2.20. The Morgan fingerprint density at radius 1 is 1.47 bits per heavy atom. The van der Waals surface area contributed by atoms with Crippen LogP contribution in [0.4, 0.5) is 5.69 Å². The molecule has 1 fully saturated rings. The molecule has 0 spiro atoms. The van der Waals surface area contributed by atoms with Crippen LogP contribution >= 0.6 is 15.9 Å². The summed E-state index contributed by atoms with van der Waals surface area (Å²) in [6.45, 7) is 2.07. The van der Waals surface area contributed by atoms with Gasteiger partial charge >= 0.3 is 0 Å². The first kappa shape index (κ1) is 12.7. The third-order valence-electron chi connectivity index (χ3n) is 3.03. The lowest BCUT2D eigenvalue weighted by atomic mass is 10.3. The van der Waals surface area contributed by atoms with Crippen molar-refractivity contribution in [3.05, 3.63) is 22.7 Å². The number of nitrogens with one attached hydrogen (secondary N) is 1. The van der Waals surface area contributed by atoms with Crippen molar-refractivity contribution in [2.45, 2.75) is 18.9 Å². The molecule has 4 heteroatoms. The van der Waals surface area contributed by atoms with E-state index in [-0.39, 0.29) is 0 Å². The summed E-state index contributed by atoms with van der Waals surface area (Å²) in [5.41, 5.74) is 1.20. The van der Waals surface area contributed by atoms with Crippen LogP contribution in [0.1, 0.15) is 12.8 Å². The highest BCUT2D eigenvalue weighted by Gasteiger charge is 2.19. The second-order valence-corrected chi connectivity index (χ2v) is 5.32. The maximum absolute atomic E-state index is 5.22. The van der Waals surface area contributed by atoms with E-state index in [9.17, 15) is 0 Å². The maximum Gasteiger partial charge on any atom is 0.133 e. The van der Waals surface area contributed by atoms with Gasteiger partial charge in [-0.3, -0.25) is 0 Å². The molecule has 0 aromatic heterocycles. The zero-order valence-corrected chi connectivity index (χ0v) is 12.0. The van der Waals surface area contributed by atoms with Gasteiger partial charge in [-0.1, -0.05) is 0 Å². The van der Waals surface area contributed by atoms with Crippen LogP contribution in [0, 0.1) is 0 Å². The Labute approximate surface area is 111 Å². The van der Waals surface area contributed by atoms with Crippen molar-refractivity contribution >= 4 is 21.6 Å². The van der Waals surface area contributed by atoms with E-state index in [0.717, 1.165) is 29.4 Å². The molecular weight excluding hydrogens is 280 g/mol. The molecule has 1 aromatic rings. The van der Waals surface area contributed by atoms with Gasteiger partial charge in [0.2, 0.25) is 0 Å². The van der Waals surface area contributed by atoms with E-state index in [4.69, 9.17) is 4.74 Å². The second-order valence-electron chi connectivity index (χ2n) is 4.47. The number of likely N-dealkylation sites (N-methyl/N-ethyl adjacent to an activating group) is 1. The minimum atomic E-state index is 0.783. The van der Waals surface area contributed by atoms with Gasteiger partial charge in [0, 0.05) is 31.9 Å². The van der Waals surface area contributed by atoms with Gasteiger partial charge in [0.25, 0.3) is 0 Å². The number of anilines is 1. The summed E-state index contributed by atoms with van der Waals surface area (Å²) in [7, 11) is 3.80. The van der Waals surface area contributed by atoms with Crippen molar-refractivity contribution in [2.75, 3.05) is 32.1 Å². The third kappa shape index (κ3) is 3.61. The summed E-state index contributed by atoms with van der Waals surface area (Å²) < 4.78 is 6.22. The number of methoxy groups -OCH3 is 1. The van der Waals surface area contributed by atoms with Gasteiger partial charge in [-0.2, -0.15) is 0 Å². The lowest BCUT2D eigenvalue weighted by Crippen LogP contribution is -2.30. The number of nitrogens with zero attached hydrogens (tertiary/aromatic N) is 1. The SMILES string of the molecule is COc1ccc(N(C)CCNC2CC2)cc1Br. The van der Waals surface area contributed by atoms with E-state index in [0.29, 0.717) is 0 Å². The molecule has 1 aromatic carbocycles.